The molecular formula is C43H68. The second-order valence-electron chi connectivity index (χ2n) is 14.9. The van der Waals surface area contributed by atoms with Crippen LogP contribution in [-0.4, -0.2) is 0 Å². The van der Waals surface area contributed by atoms with Crippen LogP contribution in [0.2, 0.25) is 0 Å². The van der Waals surface area contributed by atoms with Crippen molar-refractivity contribution in [3.05, 3.63) is 59.2 Å². The van der Waals surface area contributed by atoms with E-state index in [1.807, 2.05) is 0 Å². The van der Waals surface area contributed by atoms with Crippen molar-refractivity contribution in [3.63, 3.8) is 0 Å². The van der Waals surface area contributed by atoms with Gasteiger partial charge in [0.05, 0.1) is 0 Å². The molecule has 0 nitrogen and oxygen atoms in total. The molecule has 2 aliphatic carbocycles. The molecular weight excluding hydrogens is 516 g/mol. The molecule has 0 bridgehead atoms. The van der Waals surface area contributed by atoms with Gasteiger partial charge in [0.25, 0.3) is 0 Å². The third-order valence-electron chi connectivity index (χ3n) is 11.6. The van der Waals surface area contributed by atoms with Crippen LogP contribution in [0.5, 0.6) is 0 Å². The smallest absolute Gasteiger partial charge is 0.0159 e. The fourth-order valence-corrected chi connectivity index (χ4v) is 8.59. The van der Waals surface area contributed by atoms with E-state index in [-0.39, 0.29) is 0 Å². The van der Waals surface area contributed by atoms with E-state index >= 15 is 0 Å². The Kier molecular flexibility index (Phi) is 15.8. The molecule has 0 amide bonds. The summed E-state index contributed by atoms with van der Waals surface area (Å²) in [5, 5.41) is 0. The van der Waals surface area contributed by atoms with E-state index < -0.39 is 0 Å². The quantitative estimate of drug-likeness (QED) is 0.144. The van der Waals surface area contributed by atoms with Gasteiger partial charge in [0.1, 0.15) is 0 Å². The zero-order valence-electron chi connectivity index (χ0n) is 28.8. The standard InChI is InChI=1S/C43H68/c1-4-6-8-10-12-14-16-18-36-20-24-38(25-21-36)39-28-30-40(31-29-39)42-32-33-43(35(3)34-42)41-26-22-37(23-27-41)19-17-15-13-11-9-7-5-2/h28-34,36-38,41H,4-27H2,1-3H3. The number of rotatable bonds is 19. The maximum absolute atomic E-state index is 2.48. The average Bonchev–Trinajstić information content (AvgIpc) is 3.05. The SMILES string of the molecule is CCCCCCCCCC1CCC(c2ccc(-c3ccc(C4CCC(CCCCCCCCC)CC4)c(C)c3)cc2)CC1. The molecule has 0 atom stereocenters. The minimum atomic E-state index is 0.780. The van der Waals surface area contributed by atoms with E-state index in [0.717, 1.165) is 23.7 Å². The van der Waals surface area contributed by atoms with Crippen LogP contribution in [0.1, 0.15) is 196 Å². The number of hydrogen-bond donors (Lipinski definition) is 0. The second-order valence-corrected chi connectivity index (χ2v) is 14.9. The second kappa shape index (κ2) is 19.7. The maximum Gasteiger partial charge on any atom is -0.0159 e. The van der Waals surface area contributed by atoms with Gasteiger partial charge in [-0.15, -0.1) is 0 Å². The van der Waals surface area contributed by atoms with Gasteiger partial charge in [0.2, 0.25) is 0 Å². The van der Waals surface area contributed by atoms with Crippen LogP contribution in [0.25, 0.3) is 11.1 Å². The van der Waals surface area contributed by atoms with E-state index in [4.69, 9.17) is 0 Å². The van der Waals surface area contributed by atoms with E-state index in [0.29, 0.717) is 0 Å². The van der Waals surface area contributed by atoms with E-state index in [1.165, 1.54) is 171 Å². The van der Waals surface area contributed by atoms with Gasteiger partial charge < -0.3 is 0 Å². The van der Waals surface area contributed by atoms with Gasteiger partial charge in [-0.05, 0) is 110 Å². The average molecular weight is 585 g/mol. The molecule has 2 fully saturated rings. The highest BCUT2D eigenvalue weighted by Crippen LogP contribution is 2.41. The van der Waals surface area contributed by atoms with Crippen LogP contribution >= 0.6 is 0 Å². The summed E-state index contributed by atoms with van der Waals surface area (Å²) in [4.78, 5) is 0. The molecule has 0 unspecified atom stereocenters. The highest BCUT2D eigenvalue weighted by atomic mass is 14.3. The molecule has 0 spiro atoms. The molecule has 4 rings (SSSR count). The van der Waals surface area contributed by atoms with Crippen LogP contribution in [0.3, 0.4) is 0 Å². The summed E-state index contributed by atoms with van der Waals surface area (Å²) in [5.41, 5.74) is 7.52. The first-order valence-corrected chi connectivity index (χ1v) is 19.4. The Morgan fingerprint density at radius 3 is 1.40 bits per heavy atom. The number of hydrogen-bond acceptors (Lipinski definition) is 0. The molecule has 0 N–H and O–H groups in total. The van der Waals surface area contributed by atoms with Crippen molar-refractivity contribution in [2.45, 2.75) is 187 Å². The van der Waals surface area contributed by atoms with Gasteiger partial charge in [0, 0.05) is 0 Å². The summed E-state index contributed by atoms with van der Waals surface area (Å²) < 4.78 is 0. The third kappa shape index (κ3) is 11.7. The van der Waals surface area contributed by atoms with Crippen molar-refractivity contribution in [1.29, 1.82) is 0 Å². The van der Waals surface area contributed by atoms with E-state index in [1.54, 1.807) is 11.1 Å². The molecule has 0 heteroatoms. The molecule has 2 saturated carbocycles. The molecule has 0 saturated heterocycles. The molecule has 0 radical (unpaired) electrons. The Hall–Kier alpha value is -1.56. The van der Waals surface area contributed by atoms with Crippen LogP contribution < -0.4 is 0 Å². The van der Waals surface area contributed by atoms with Crippen molar-refractivity contribution >= 4 is 0 Å². The lowest BCUT2D eigenvalue weighted by Gasteiger charge is -2.30. The van der Waals surface area contributed by atoms with Crippen LogP contribution in [0, 0.1) is 18.8 Å². The van der Waals surface area contributed by atoms with Gasteiger partial charge in [-0.3, -0.25) is 0 Å². The van der Waals surface area contributed by atoms with Crippen molar-refractivity contribution in [1.82, 2.24) is 0 Å². The van der Waals surface area contributed by atoms with Crippen molar-refractivity contribution in [2.75, 3.05) is 0 Å². The summed E-state index contributed by atoms with van der Waals surface area (Å²) in [6.45, 7) is 6.99. The fourth-order valence-electron chi connectivity index (χ4n) is 8.59. The van der Waals surface area contributed by atoms with E-state index in [9.17, 15) is 0 Å². The molecule has 2 aromatic carbocycles. The molecule has 43 heavy (non-hydrogen) atoms. The Morgan fingerprint density at radius 1 is 0.465 bits per heavy atom. The topological polar surface area (TPSA) is 0 Å². The van der Waals surface area contributed by atoms with Gasteiger partial charge in [0.15, 0.2) is 0 Å². The van der Waals surface area contributed by atoms with Gasteiger partial charge >= 0.3 is 0 Å². The Labute approximate surface area is 268 Å². The predicted octanol–water partition coefficient (Wildman–Crippen LogP) is 14.5. The van der Waals surface area contributed by atoms with Crippen molar-refractivity contribution in [3.8, 4) is 11.1 Å². The highest BCUT2D eigenvalue weighted by Gasteiger charge is 2.24. The third-order valence-corrected chi connectivity index (χ3v) is 11.6. The molecule has 2 aliphatic rings. The molecule has 0 aliphatic heterocycles. The number of unbranched alkanes of at least 4 members (excludes halogenated alkanes) is 12. The molecule has 0 heterocycles. The van der Waals surface area contributed by atoms with Crippen LogP contribution in [-0.2, 0) is 0 Å². The highest BCUT2D eigenvalue weighted by molar-refractivity contribution is 5.65. The first-order chi connectivity index (χ1) is 21.2. The van der Waals surface area contributed by atoms with Gasteiger partial charge in [-0.1, -0.05) is 159 Å². The lowest BCUT2D eigenvalue weighted by Crippen LogP contribution is -2.14. The van der Waals surface area contributed by atoms with Gasteiger partial charge in [-0.2, -0.15) is 0 Å². The Balaban J connectivity index is 1.16. The largest absolute Gasteiger partial charge is 0.0654 e. The monoisotopic (exact) mass is 585 g/mol. The molecule has 240 valence electrons. The van der Waals surface area contributed by atoms with Crippen molar-refractivity contribution in [2.24, 2.45) is 11.8 Å². The van der Waals surface area contributed by atoms with Crippen LogP contribution in [0.15, 0.2) is 42.5 Å². The summed E-state index contributed by atoms with van der Waals surface area (Å²) in [6.07, 6.45) is 34.5. The summed E-state index contributed by atoms with van der Waals surface area (Å²) in [6, 6.07) is 17.1. The zero-order valence-corrected chi connectivity index (χ0v) is 28.8. The Bertz CT molecular complexity index is 983. The first kappa shape index (κ1) is 34.3. The maximum atomic E-state index is 2.48. The first-order valence-electron chi connectivity index (χ1n) is 19.4. The van der Waals surface area contributed by atoms with Crippen LogP contribution in [0.4, 0.5) is 0 Å². The van der Waals surface area contributed by atoms with E-state index in [2.05, 4.69) is 63.2 Å². The normalized spacial score (nSPS) is 22.6. The summed E-state index contributed by atoms with van der Waals surface area (Å²) in [7, 11) is 0. The molecule has 2 aromatic rings. The van der Waals surface area contributed by atoms with Gasteiger partial charge in [-0.25, -0.2) is 0 Å². The summed E-state index contributed by atoms with van der Waals surface area (Å²) >= 11 is 0. The molecule has 0 aromatic heterocycles. The van der Waals surface area contributed by atoms with Crippen molar-refractivity contribution < 1.29 is 0 Å². The minimum Gasteiger partial charge on any atom is -0.0654 e. The Morgan fingerprint density at radius 2 is 0.907 bits per heavy atom. The lowest BCUT2D eigenvalue weighted by atomic mass is 9.75. The number of benzene rings is 2. The minimum absolute atomic E-state index is 0.780. The fraction of sp³-hybridized carbons (Fsp3) is 0.721. The lowest BCUT2D eigenvalue weighted by molar-refractivity contribution is 0.301. The summed E-state index contributed by atoms with van der Waals surface area (Å²) in [5.74, 6) is 3.55. The zero-order chi connectivity index (χ0) is 30.1. The number of aryl methyl sites for hydroxylation is 1. The predicted molar refractivity (Wildman–Crippen MR) is 191 cm³/mol.